The molecule has 0 aliphatic carbocycles. The highest BCUT2D eigenvalue weighted by molar-refractivity contribution is 7.99. The number of nitro groups is 1. The van der Waals surface area contributed by atoms with Gasteiger partial charge in [-0.1, -0.05) is 18.2 Å². The van der Waals surface area contributed by atoms with E-state index in [1.807, 2.05) is 0 Å². The summed E-state index contributed by atoms with van der Waals surface area (Å²) in [5.41, 5.74) is 0.407. The van der Waals surface area contributed by atoms with E-state index >= 15 is 0 Å². The number of carbonyl (C=O) groups excluding carboxylic acids is 1. The van der Waals surface area contributed by atoms with Gasteiger partial charge in [0.05, 0.1) is 4.92 Å². The summed E-state index contributed by atoms with van der Waals surface area (Å²) in [7, 11) is 0. The van der Waals surface area contributed by atoms with Crippen LogP contribution in [0.3, 0.4) is 0 Å². The Labute approximate surface area is 96.9 Å². The number of nitrogens with zero attached hydrogens (tertiary/aromatic N) is 1. The van der Waals surface area contributed by atoms with Gasteiger partial charge >= 0.3 is 0 Å². The molecule has 1 rings (SSSR count). The summed E-state index contributed by atoms with van der Waals surface area (Å²) in [6, 6.07) is 6.52. The summed E-state index contributed by atoms with van der Waals surface area (Å²) < 4.78 is 4.68. The van der Waals surface area contributed by atoms with Gasteiger partial charge in [0.25, 0.3) is 12.2 Å². The SMILES string of the molecule is CC(OC=O)SCc1ccccc1[N+](=O)[O-]. The van der Waals surface area contributed by atoms with Crippen molar-refractivity contribution in [2.24, 2.45) is 0 Å². The number of para-hydroxylation sites is 1. The molecular weight excluding hydrogens is 230 g/mol. The summed E-state index contributed by atoms with van der Waals surface area (Å²) in [5, 5.41) is 10.7. The summed E-state index contributed by atoms with van der Waals surface area (Å²) in [5.74, 6) is 0.437. The molecule has 0 N–H and O–H groups in total. The van der Waals surface area contributed by atoms with E-state index in [1.54, 1.807) is 25.1 Å². The normalized spacial score (nSPS) is 11.8. The molecule has 0 aliphatic heterocycles. The molecule has 1 aromatic carbocycles. The summed E-state index contributed by atoms with van der Waals surface area (Å²) in [6.45, 7) is 2.09. The van der Waals surface area contributed by atoms with Gasteiger partial charge in [-0.05, 0) is 6.92 Å². The molecule has 5 nitrogen and oxygen atoms in total. The van der Waals surface area contributed by atoms with E-state index in [9.17, 15) is 14.9 Å². The predicted octanol–water partition coefficient (Wildman–Crippen LogP) is 2.35. The lowest BCUT2D eigenvalue weighted by Gasteiger charge is -2.08. The third-order valence-corrected chi connectivity index (χ3v) is 2.97. The van der Waals surface area contributed by atoms with Crippen LogP contribution in [0.25, 0.3) is 0 Å². The van der Waals surface area contributed by atoms with Gasteiger partial charge in [-0.15, -0.1) is 11.8 Å². The summed E-state index contributed by atoms with van der Waals surface area (Å²) in [6.07, 6.45) is 0. The van der Waals surface area contributed by atoms with E-state index < -0.39 is 4.92 Å². The van der Waals surface area contributed by atoms with Crippen LogP contribution in [0.2, 0.25) is 0 Å². The molecule has 0 fully saturated rings. The third-order valence-electron chi connectivity index (χ3n) is 1.91. The summed E-state index contributed by atoms with van der Waals surface area (Å²) >= 11 is 1.33. The number of hydrogen-bond acceptors (Lipinski definition) is 5. The first-order chi connectivity index (χ1) is 7.65. The monoisotopic (exact) mass is 241 g/mol. The predicted molar refractivity (Wildman–Crippen MR) is 61.0 cm³/mol. The van der Waals surface area contributed by atoms with E-state index in [4.69, 9.17) is 0 Å². The quantitative estimate of drug-likeness (QED) is 0.331. The Morgan fingerprint density at radius 2 is 2.25 bits per heavy atom. The zero-order valence-electron chi connectivity index (χ0n) is 8.66. The second kappa shape index (κ2) is 6.12. The van der Waals surface area contributed by atoms with Gasteiger partial charge in [-0.2, -0.15) is 0 Å². The van der Waals surface area contributed by atoms with Crippen LogP contribution >= 0.6 is 11.8 Å². The van der Waals surface area contributed by atoms with Crippen LogP contribution in [0.5, 0.6) is 0 Å². The molecule has 86 valence electrons. The molecule has 0 aromatic heterocycles. The van der Waals surface area contributed by atoms with Crippen molar-refractivity contribution in [2.45, 2.75) is 18.1 Å². The molecule has 1 aromatic rings. The highest BCUT2D eigenvalue weighted by Gasteiger charge is 2.13. The van der Waals surface area contributed by atoms with Gasteiger partial charge in [0.15, 0.2) is 0 Å². The van der Waals surface area contributed by atoms with E-state index in [2.05, 4.69) is 4.74 Å². The zero-order chi connectivity index (χ0) is 12.0. The first-order valence-corrected chi connectivity index (χ1v) is 5.63. The zero-order valence-corrected chi connectivity index (χ0v) is 9.48. The Hall–Kier alpha value is -1.56. The third kappa shape index (κ3) is 3.54. The molecule has 16 heavy (non-hydrogen) atoms. The fourth-order valence-electron chi connectivity index (χ4n) is 1.14. The first-order valence-electron chi connectivity index (χ1n) is 4.58. The first kappa shape index (κ1) is 12.5. The number of carbonyl (C=O) groups is 1. The van der Waals surface area contributed by atoms with Gasteiger partial charge in [0, 0.05) is 17.4 Å². The average Bonchev–Trinajstić information content (AvgIpc) is 2.27. The van der Waals surface area contributed by atoms with Crippen LogP contribution in [0, 0.1) is 10.1 Å². The minimum Gasteiger partial charge on any atom is -0.454 e. The van der Waals surface area contributed by atoms with Gasteiger partial charge in [0.2, 0.25) is 0 Å². The van der Waals surface area contributed by atoms with Crippen molar-refractivity contribution in [1.29, 1.82) is 0 Å². The molecule has 0 heterocycles. The van der Waals surface area contributed by atoms with Crippen molar-refractivity contribution in [3.63, 3.8) is 0 Å². The van der Waals surface area contributed by atoms with Gasteiger partial charge in [0.1, 0.15) is 5.44 Å². The second-order valence-electron chi connectivity index (χ2n) is 3.00. The maximum atomic E-state index is 10.7. The van der Waals surface area contributed by atoms with Gasteiger partial charge in [-0.25, -0.2) is 0 Å². The summed E-state index contributed by atoms with van der Waals surface area (Å²) in [4.78, 5) is 20.3. The highest BCUT2D eigenvalue weighted by Crippen LogP contribution is 2.25. The van der Waals surface area contributed by atoms with Crippen molar-refractivity contribution < 1.29 is 14.5 Å². The molecule has 6 heteroatoms. The largest absolute Gasteiger partial charge is 0.454 e. The number of thioether (sulfide) groups is 1. The Bertz CT molecular complexity index is 383. The Kier molecular flexibility index (Phi) is 4.78. The molecule has 0 radical (unpaired) electrons. The fourth-order valence-corrected chi connectivity index (χ4v) is 1.92. The number of benzene rings is 1. The molecule has 0 aliphatic rings. The molecule has 0 bridgehead atoms. The van der Waals surface area contributed by atoms with Crippen LogP contribution in [0.15, 0.2) is 24.3 Å². The van der Waals surface area contributed by atoms with Gasteiger partial charge in [-0.3, -0.25) is 14.9 Å². The maximum absolute atomic E-state index is 10.7. The van der Waals surface area contributed by atoms with Crippen molar-refractivity contribution >= 4 is 23.9 Å². The number of nitro benzene ring substituents is 1. The van der Waals surface area contributed by atoms with E-state index in [1.165, 1.54) is 17.8 Å². The molecule has 1 unspecified atom stereocenters. The van der Waals surface area contributed by atoms with E-state index in [0.29, 0.717) is 17.8 Å². The van der Waals surface area contributed by atoms with Crippen LogP contribution in [0.1, 0.15) is 12.5 Å². The van der Waals surface area contributed by atoms with E-state index in [0.717, 1.165) is 0 Å². The van der Waals surface area contributed by atoms with Crippen LogP contribution in [0.4, 0.5) is 5.69 Å². The maximum Gasteiger partial charge on any atom is 0.294 e. The molecular formula is C10H11NO4S. The second-order valence-corrected chi connectivity index (χ2v) is 4.28. The highest BCUT2D eigenvalue weighted by atomic mass is 32.2. The molecule has 0 saturated heterocycles. The molecule has 0 saturated carbocycles. The number of ether oxygens (including phenoxy) is 1. The average molecular weight is 241 g/mol. The number of rotatable bonds is 6. The van der Waals surface area contributed by atoms with Crippen molar-refractivity contribution in [3.05, 3.63) is 39.9 Å². The molecule has 0 amide bonds. The minimum absolute atomic E-state index is 0.0910. The van der Waals surface area contributed by atoms with Crippen molar-refractivity contribution in [1.82, 2.24) is 0 Å². The standard InChI is InChI=1S/C10H11NO4S/c1-8(15-7-12)16-6-9-4-2-3-5-10(9)11(13)14/h2-5,7-8H,6H2,1H3. The topological polar surface area (TPSA) is 69.4 Å². The molecule has 0 spiro atoms. The van der Waals surface area contributed by atoms with Crippen LogP contribution in [-0.2, 0) is 15.3 Å². The lowest BCUT2D eigenvalue weighted by Crippen LogP contribution is -2.02. The van der Waals surface area contributed by atoms with Crippen LogP contribution in [-0.4, -0.2) is 16.8 Å². The lowest BCUT2D eigenvalue weighted by molar-refractivity contribution is -0.385. The Morgan fingerprint density at radius 3 is 2.88 bits per heavy atom. The van der Waals surface area contributed by atoms with E-state index in [-0.39, 0.29) is 11.1 Å². The Morgan fingerprint density at radius 1 is 1.56 bits per heavy atom. The van der Waals surface area contributed by atoms with Crippen LogP contribution < -0.4 is 0 Å². The fraction of sp³-hybridized carbons (Fsp3) is 0.300. The Balaban J connectivity index is 2.66. The van der Waals surface area contributed by atoms with Crippen molar-refractivity contribution in [3.8, 4) is 0 Å². The van der Waals surface area contributed by atoms with Gasteiger partial charge < -0.3 is 4.74 Å². The smallest absolute Gasteiger partial charge is 0.294 e. The lowest BCUT2D eigenvalue weighted by atomic mass is 10.2. The minimum atomic E-state index is -0.416. The molecule has 1 atom stereocenters. The van der Waals surface area contributed by atoms with Crippen molar-refractivity contribution in [2.75, 3.05) is 0 Å². The number of hydrogen-bond donors (Lipinski definition) is 0.